The molecule has 10 heteroatoms. The van der Waals surface area contributed by atoms with Crippen molar-refractivity contribution in [3.05, 3.63) is 77.3 Å². The van der Waals surface area contributed by atoms with Crippen LogP contribution in [-0.2, 0) is 24.3 Å². The van der Waals surface area contributed by atoms with Crippen molar-refractivity contribution in [3.63, 3.8) is 0 Å². The number of carbonyl (C=O) groups is 3. The van der Waals surface area contributed by atoms with Gasteiger partial charge in [0.1, 0.15) is 22.8 Å². The molecule has 0 saturated heterocycles. The first-order valence-electron chi connectivity index (χ1n) is 10.5. The Morgan fingerprint density at radius 2 is 1.97 bits per heavy atom. The average molecular weight is 453 g/mol. The normalized spacial score (nSPS) is 17.5. The molecule has 3 heterocycles. The van der Waals surface area contributed by atoms with Gasteiger partial charge in [0.2, 0.25) is 5.91 Å². The molecule has 0 spiro atoms. The highest BCUT2D eigenvalue weighted by molar-refractivity contribution is 6.01. The highest BCUT2D eigenvalue weighted by atomic mass is 19.1. The lowest BCUT2D eigenvalue weighted by molar-refractivity contribution is -0.132. The maximum atomic E-state index is 13.1. The van der Waals surface area contributed by atoms with Gasteiger partial charge in [0.25, 0.3) is 11.8 Å². The first-order valence-corrected chi connectivity index (χ1v) is 10.5. The van der Waals surface area contributed by atoms with Gasteiger partial charge in [-0.15, -0.1) is 0 Å². The van der Waals surface area contributed by atoms with Crippen LogP contribution in [0.2, 0.25) is 0 Å². The number of rotatable bonds is 7. The Labute approximate surface area is 189 Å². The largest absolute Gasteiger partial charge is 0.469 e. The van der Waals surface area contributed by atoms with Crippen LogP contribution in [0, 0.1) is 5.82 Å². The second-order valence-corrected chi connectivity index (χ2v) is 8.10. The van der Waals surface area contributed by atoms with Gasteiger partial charge in [0.05, 0.1) is 12.8 Å². The van der Waals surface area contributed by atoms with Crippen LogP contribution in [0.15, 0.2) is 53.1 Å². The number of nitrogens with zero attached hydrogens (tertiary/aromatic N) is 3. The molecular formula is C23H24FN5O4. The molecule has 0 bridgehead atoms. The second-order valence-electron chi connectivity index (χ2n) is 8.10. The lowest BCUT2D eigenvalue weighted by Crippen LogP contribution is -2.62. The van der Waals surface area contributed by atoms with E-state index < -0.39 is 17.4 Å². The monoisotopic (exact) mass is 453 g/mol. The summed E-state index contributed by atoms with van der Waals surface area (Å²) < 4.78 is 19.7. The molecule has 0 saturated carbocycles. The first-order chi connectivity index (χ1) is 15.8. The number of carbonyl (C=O) groups excluding carboxylic acids is 3. The van der Waals surface area contributed by atoms with E-state index in [-0.39, 0.29) is 36.2 Å². The number of halogens is 1. The molecular weight excluding hydrogens is 429 g/mol. The predicted octanol–water partition coefficient (Wildman–Crippen LogP) is 1.75. The Morgan fingerprint density at radius 3 is 2.67 bits per heavy atom. The zero-order valence-electron chi connectivity index (χ0n) is 18.3. The third-order valence-electron chi connectivity index (χ3n) is 5.83. The molecule has 172 valence electrons. The zero-order valence-corrected chi connectivity index (χ0v) is 18.3. The van der Waals surface area contributed by atoms with Crippen molar-refractivity contribution in [2.45, 2.75) is 32.0 Å². The molecule has 3 aromatic rings. The first kappa shape index (κ1) is 22.3. The maximum absolute atomic E-state index is 13.1. The molecule has 1 aliphatic rings. The molecule has 4 rings (SSSR count). The number of nitrogens with one attached hydrogen (secondary N) is 2. The quantitative estimate of drug-likeness (QED) is 0.567. The van der Waals surface area contributed by atoms with E-state index in [9.17, 15) is 18.8 Å². The van der Waals surface area contributed by atoms with Crippen LogP contribution in [0.3, 0.4) is 0 Å². The van der Waals surface area contributed by atoms with Crippen molar-refractivity contribution in [2.24, 2.45) is 0 Å². The van der Waals surface area contributed by atoms with E-state index in [1.807, 2.05) is 6.07 Å². The Hall–Kier alpha value is -3.95. The van der Waals surface area contributed by atoms with E-state index in [4.69, 9.17) is 4.42 Å². The van der Waals surface area contributed by atoms with Crippen LogP contribution in [0.5, 0.6) is 0 Å². The third-order valence-corrected chi connectivity index (χ3v) is 5.83. The van der Waals surface area contributed by atoms with E-state index in [2.05, 4.69) is 15.7 Å². The standard InChI is InChI=1S/C23H24FN5O4/c1-23(22(32)26-13-15-5-7-16(24)8-6-15)14-29-19(21(31)28(23)2)12-18(27-29)20(30)25-10-9-17-4-3-11-33-17/h3-8,11-12H,9-10,13-14H2,1-2H3,(H,25,30)(H,26,32)/t23-/m0/s1. The summed E-state index contributed by atoms with van der Waals surface area (Å²) >= 11 is 0. The van der Waals surface area contributed by atoms with Gasteiger partial charge in [-0.1, -0.05) is 12.1 Å². The molecule has 2 aromatic heterocycles. The minimum atomic E-state index is -1.22. The number of furan rings is 1. The van der Waals surface area contributed by atoms with Gasteiger partial charge < -0.3 is 20.0 Å². The summed E-state index contributed by atoms with van der Waals surface area (Å²) in [5, 5.41) is 9.82. The van der Waals surface area contributed by atoms with Gasteiger partial charge in [-0.05, 0) is 36.8 Å². The molecule has 1 aliphatic heterocycles. The van der Waals surface area contributed by atoms with Crippen molar-refractivity contribution >= 4 is 17.7 Å². The van der Waals surface area contributed by atoms with Gasteiger partial charge >= 0.3 is 0 Å². The fourth-order valence-corrected chi connectivity index (χ4v) is 3.66. The summed E-state index contributed by atoms with van der Waals surface area (Å²) in [7, 11) is 1.54. The number of amides is 3. The predicted molar refractivity (Wildman–Crippen MR) is 116 cm³/mol. The van der Waals surface area contributed by atoms with Crippen LogP contribution < -0.4 is 10.6 Å². The molecule has 0 unspecified atom stereocenters. The fourth-order valence-electron chi connectivity index (χ4n) is 3.66. The molecule has 0 radical (unpaired) electrons. The van der Waals surface area contributed by atoms with Crippen LogP contribution in [0.1, 0.15) is 39.2 Å². The number of fused-ring (bicyclic) bond motifs is 1. The fraction of sp³-hybridized carbons (Fsp3) is 0.304. The molecule has 33 heavy (non-hydrogen) atoms. The number of hydrogen-bond donors (Lipinski definition) is 2. The van der Waals surface area contributed by atoms with E-state index >= 15 is 0 Å². The Bertz CT molecular complexity index is 1170. The van der Waals surface area contributed by atoms with Crippen molar-refractivity contribution in [1.29, 1.82) is 0 Å². The SMILES string of the molecule is CN1C(=O)c2cc(C(=O)NCCc3ccco3)nn2C[C@@]1(C)C(=O)NCc1ccc(F)cc1. The lowest BCUT2D eigenvalue weighted by atomic mass is 9.96. The second kappa shape index (κ2) is 8.89. The third kappa shape index (κ3) is 4.50. The Balaban J connectivity index is 1.43. The van der Waals surface area contributed by atoms with E-state index in [0.717, 1.165) is 11.3 Å². The number of likely N-dealkylation sites (N-methyl/N-ethyl adjacent to an activating group) is 1. The topological polar surface area (TPSA) is 109 Å². The van der Waals surface area contributed by atoms with Crippen molar-refractivity contribution < 1.29 is 23.2 Å². The maximum Gasteiger partial charge on any atom is 0.272 e. The summed E-state index contributed by atoms with van der Waals surface area (Å²) in [5.41, 5.74) is -0.158. The van der Waals surface area contributed by atoms with Crippen LogP contribution in [-0.4, -0.2) is 51.5 Å². The molecule has 0 fully saturated rings. The van der Waals surface area contributed by atoms with Crippen molar-refractivity contribution in [3.8, 4) is 0 Å². The average Bonchev–Trinajstić information content (AvgIpc) is 3.47. The molecule has 0 aliphatic carbocycles. The number of hydrogen-bond acceptors (Lipinski definition) is 5. The van der Waals surface area contributed by atoms with Gasteiger partial charge in [0, 0.05) is 32.6 Å². The highest BCUT2D eigenvalue weighted by Crippen LogP contribution is 2.26. The van der Waals surface area contributed by atoms with E-state index in [1.54, 1.807) is 38.4 Å². The Morgan fingerprint density at radius 1 is 1.21 bits per heavy atom. The highest BCUT2D eigenvalue weighted by Gasteiger charge is 2.46. The Kier molecular flexibility index (Phi) is 5.99. The smallest absolute Gasteiger partial charge is 0.272 e. The molecule has 3 amide bonds. The van der Waals surface area contributed by atoms with Crippen LogP contribution >= 0.6 is 0 Å². The summed E-state index contributed by atoms with van der Waals surface area (Å²) in [5.74, 6) is -0.821. The van der Waals surface area contributed by atoms with E-state index in [0.29, 0.717) is 13.0 Å². The molecule has 1 atom stereocenters. The summed E-state index contributed by atoms with van der Waals surface area (Å²) in [4.78, 5) is 39.8. The summed E-state index contributed by atoms with van der Waals surface area (Å²) in [6, 6.07) is 10.8. The summed E-state index contributed by atoms with van der Waals surface area (Å²) in [6.07, 6.45) is 2.09. The number of benzene rings is 1. The minimum absolute atomic E-state index is 0.0828. The molecule has 2 N–H and O–H groups in total. The van der Waals surface area contributed by atoms with Gasteiger partial charge in [-0.3, -0.25) is 19.1 Å². The van der Waals surface area contributed by atoms with Crippen LogP contribution in [0.4, 0.5) is 4.39 Å². The summed E-state index contributed by atoms with van der Waals surface area (Å²) in [6.45, 7) is 2.26. The van der Waals surface area contributed by atoms with Crippen LogP contribution in [0.25, 0.3) is 0 Å². The minimum Gasteiger partial charge on any atom is -0.469 e. The van der Waals surface area contributed by atoms with Gasteiger partial charge in [0.15, 0.2) is 5.69 Å². The molecule has 9 nitrogen and oxygen atoms in total. The number of aromatic nitrogens is 2. The van der Waals surface area contributed by atoms with Crippen molar-refractivity contribution in [1.82, 2.24) is 25.3 Å². The van der Waals surface area contributed by atoms with Gasteiger partial charge in [-0.2, -0.15) is 5.10 Å². The lowest BCUT2D eigenvalue weighted by Gasteiger charge is -2.40. The zero-order chi connectivity index (χ0) is 23.6. The van der Waals surface area contributed by atoms with Gasteiger partial charge in [-0.25, -0.2) is 4.39 Å². The van der Waals surface area contributed by atoms with E-state index in [1.165, 1.54) is 27.8 Å². The van der Waals surface area contributed by atoms with Crippen molar-refractivity contribution in [2.75, 3.05) is 13.6 Å². The molecule has 1 aromatic carbocycles.